The molecule has 1 aliphatic carbocycles. The number of benzene rings is 1. The predicted octanol–water partition coefficient (Wildman–Crippen LogP) is 3.85. The van der Waals surface area contributed by atoms with E-state index in [2.05, 4.69) is 5.32 Å². The fourth-order valence-corrected chi connectivity index (χ4v) is 3.99. The third-order valence-corrected chi connectivity index (χ3v) is 5.94. The molecule has 0 aromatic heterocycles. The van der Waals surface area contributed by atoms with Crippen molar-refractivity contribution < 1.29 is 14.6 Å². The lowest BCUT2D eigenvalue weighted by Crippen LogP contribution is -2.53. The van der Waals surface area contributed by atoms with Crippen molar-refractivity contribution >= 4 is 5.91 Å². The zero-order valence-corrected chi connectivity index (χ0v) is 15.3. The van der Waals surface area contributed by atoms with Gasteiger partial charge >= 0.3 is 0 Å². The monoisotopic (exact) mass is 331 g/mol. The van der Waals surface area contributed by atoms with Crippen LogP contribution in [0.2, 0.25) is 0 Å². The minimum Gasteiger partial charge on any atom is -0.507 e. The minimum absolute atomic E-state index is 0.00262. The number of carbonyl (C=O) groups is 1. The molecular formula is C20H29NO3. The Hall–Kier alpha value is -1.71. The van der Waals surface area contributed by atoms with Gasteiger partial charge in [0.25, 0.3) is 5.91 Å². The normalized spacial score (nSPS) is 24.2. The number of hydrogen-bond donors (Lipinski definition) is 2. The molecule has 3 rings (SSSR count). The Labute approximate surface area is 144 Å². The Morgan fingerprint density at radius 3 is 2.46 bits per heavy atom. The molecule has 1 heterocycles. The minimum atomic E-state index is -0.828. The molecule has 1 aliphatic heterocycles. The number of rotatable bonds is 2. The van der Waals surface area contributed by atoms with Crippen molar-refractivity contribution in [3.05, 3.63) is 22.3 Å². The quantitative estimate of drug-likeness (QED) is 0.865. The van der Waals surface area contributed by atoms with Gasteiger partial charge in [-0.05, 0) is 63.6 Å². The van der Waals surface area contributed by atoms with Crippen LogP contribution in [0.3, 0.4) is 0 Å². The summed E-state index contributed by atoms with van der Waals surface area (Å²) >= 11 is 0. The van der Waals surface area contributed by atoms with Gasteiger partial charge in [-0.3, -0.25) is 4.79 Å². The predicted molar refractivity (Wildman–Crippen MR) is 94.7 cm³/mol. The summed E-state index contributed by atoms with van der Waals surface area (Å²) in [7, 11) is 0. The molecule has 132 valence electrons. The van der Waals surface area contributed by atoms with Gasteiger partial charge in [0.1, 0.15) is 11.5 Å². The molecule has 2 aliphatic rings. The highest BCUT2D eigenvalue weighted by Gasteiger charge is 2.41. The average Bonchev–Trinajstić information content (AvgIpc) is 2.59. The van der Waals surface area contributed by atoms with Crippen molar-refractivity contribution in [2.45, 2.75) is 84.3 Å². The molecule has 1 amide bonds. The van der Waals surface area contributed by atoms with Crippen molar-refractivity contribution in [1.82, 2.24) is 5.32 Å². The lowest BCUT2D eigenvalue weighted by molar-refractivity contribution is -0.137. The van der Waals surface area contributed by atoms with Crippen molar-refractivity contribution in [2.75, 3.05) is 0 Å². The molecule has 1 unspecified atom stereocenters. The highest BCUT2D eigenvalue weighted by Crippen LogP contribution is 2.43. The Morgan fingerprint density at radius 1 is 1.12 bits per heavy atom. The smallest absolute Gasteiger partial charge is 0.264 e. The Bertz CT molecular complexity index is 662. The maximum absolute atomic E-state index is 12.9. The standard InChI is InChI=1S/C20H29NO3/c1-12-13(2)18-16(14(3)17(12)22)10-11-20(4,24-18)19(23)21-15-8-6-5-7-9-15/h15,22H,5-11H2,1-4H3,(H,21,23). The van der Waals surface area contributed by atoms with Crippen LogP contribution in [0.4, 0.5) is 0 Å². The summed E-state index contributed by atoms with van der Waals surface area (Å²) in [5.74, 6) is 1.14. The number of carbonyl (C=O) groups excluding carboxylic acids is 1. The van der Waals surface area contributed by atoms with Crippen molar-refractivity contribution in [1.29, 1.82) is 0 Å². The van der Waals surface area contributed by atoms with Gasteiger partial charge < -0.3 is 15.2 Å². The summed E-state index contributed by atoms with van der Waals surface area (Å²) in [6.07, 6.45) is 7.21. The van der Waals surface area contributed by atoms with Crippen LogP contribution in [0.15, 0.2) is 0 Å². The number of hydrogen-bond acceptors (Lipinski definition) is 3. The summed E-state index contributed by atoms with van der Waals surface area (Å²) in [6.45, 7) is 7.67. The van der Waals surface area contributed by atoms with E-state index in [1.54, 1.807) is 0 Å². The molecule has 2 N–H and O–H groups in total. The topological polar surface area (TPSA) is 58.6 Å². The Balaban J connectivity index is 1.84. The van der Waals surface area contributed by atoms with Crippen LogP contribution in [0.5, 0.6) is 11.5 Å². The average molecular weight is 331 g/mol. The second-order valence-corrected chi connectivity index (χ2v) is 7.67. The van der Waals surface area contributed by atoms with Crippen LogP contribution in [-0.2, 0) is 11.2 Å². The number of aromatic hydroxyl groups is 1. The zero-order chi connectivity index (χ0) is 17.5. The van der Waals surface area contributed by atoms with Crippen LogP contribution < -0.4 is 10.1 Å². The number of phenolic OH excluding ortho intramolecular Hbond substituents is 1. The Kier molecular flexibility index (Phi) is 4.50. The van der Waals surface area contributed by atoms with Gasteiger partial charge in [-0.1, -0.05) is 19.3 Å². The van der Waals surface area contributed by atoms with Gasteiger partial charge in [-0.2, -0.15) is 0 Å². The first kappa shape index (κ1) is 17.1. The number of fused-ring (bicyclic) bond motifs is 1. The van der Waals surface area contributed by atoms with Crippen molar-refractivity contribution in [3.63, 3.8) is 0 Å². The molecule has 0 radical (unpaired) electrons. The van der Waals surface area contributed by atoms with E-state index < -0.39 is 5.60 Å². The van der Waals surface area contributed by atoms with E-state index in [1.165, 1.54) is 19.3 Å². The number of nitrogens with one attached hydrogen (secondary N) is 1. The van der Waals surface area contributed by atoms with Gasteiger partial charge in [-0.15, -0.1) is 0 Å². The molecule has 4 heteroatoms. The molecule has 1 saturated carbocycles. The molecule has 0 bridgehead atoms. The van der Waals surface area contributed by atoms with Gasteiger partial charge in [0.15, 0.2) is 5.60 Å². The van der Waals surface area contributed by atoms with Crippen molar-refractivity contribution in [3.8, 4) is 11.5 Å². The Morgan fingerprint density at radius 2 is 1.79 bits per heavy atom. The zero-order valence-electron chi connectivity index (χ0n) is 15.3. The van der Waals surface area contributed by atoms with E-state index in [9.17, 15) is 9.90 Å². The highest BCUT2D eigenvalue weighted by molar-refractivity contribution is 5.86. The first-order valence-corrected chi connectivity index (χ1v) is 9.15. The summed E-state index contributed by atoms with van der Waals surface area (Å²) in [5, 5.41) is 13.5. The number of ether oxygens (including phenoxy) is 1. The second kappa shape index (κ2) is 6.30. The van der Waals surface area contributed by atoms with E-state index in [4.69, 9.17) is 4.74 Å². The molecule has 24 heavy (non-hydrogen) atoms. The first-order valence-electron chi connectivity index (χ1n) is 9.15. The van der Waals surface area contributed by atoms with E-state index in [1.807, 2.05) is 27.7 Å². The van der Waals surface area contributed by atoms with Gasteiger partial charge in [0.05, 0.1) is 0 Å². The number of phenols is 1. The number of amides is 1. The third-order valence-electron chi connectivity index (χ3n) is 5.94. The largest absolute Gasteiger partial charge is 0.507 e. The molecular weight excluding hydrogens is 302 g/mol. The van der Waals surface area contributed by atoms with Crippen LogP contribution in [0.1, 0.15) is 67.7 Å². The molecule has 1 aromatic rings. The molecule has 1 atom stereocenters. The van der Waals surface area contributed by atoms with Crippen LogP contribution in [0, 0.1) is 20.8 Å². The van der Waals surface area contributed by atoms with E-state index in [0.717, 1.165) is 47.3 Å². The lowest BCUT2D eigenvalue weighted by Gasteiger charge is -2.38. The fourth-order valence-electron chi connectivity index (χ4n) is 3.99. The fraction of sp³-hybridized carbons (Fsp3) is 0.650. The molecule has 0 saturated heterocycles. The van der Waals surface area contributed by atoms with Gasteiger partial charge in [-0.25, -0.2) is 0 Å². The summed E-state index contributed by atoms with van der Waals surface area (Å²) in [4.78, 5) is 12.9. The van der Waals surface area contributed by atoms with E-state index >= 15 is 0 Å². The van der Waals surface area contributed by atoms with E-state index in [-0.39, 0.29) is 11.9 Å². The van der Waals surface area contributed by atoms with Crippen molar-refractivity contribution in [2.24, 2.45) is 0 Å². The van der Waals surface area contributed by atoms with Gasteiger partial charge in [0.2, 0.25) is 0 Å². The molecule has 0 spiro atoms. The van der Waals surface area contributed by atoms with Crippen LogP contribution in [-0.4, -0.2) is 22.7 Å². The van der Waals surface area contributed by atoms with E-state index in [0.29, 0.717) is 12.2 Å². The maximum Gasteiger partial charge on any atom is 0.264 e. The SMILES string of the molecule is Cc1c(C)c2c(c(C)c1O)CCC(C)(C(=O)NC1CCCCC1)O2. The first-order chi connectivity index (χ1) is 11.3. The highest BCUT2D eigenvalue weighted by atomic mass is 16.5. The van der Waals surface area contributed by atoms with Crippen LogP contribution >= 0.6 is 0 Å². The van der Waals surface area contributed by atoms with Crippen LogP contribution in [0.25, 0.3) is 0 Å². The molecule has 1 aromatic carbocycles. The lowest BCUT2D eigenvalue weighted by atomic mass is 9.86. The maximum atomic E-state index is 12.9. The summed E-state index contributed by atoms with van der Waals surface area (Å²) < 4.78 is 6.25. The second-order valence-electron chi connectivity index (χ2n) is 7.67. The molecule has 1 fully saturated rings. The molecule has 4 nitrogen and oxygen atoms in total. The summed E-state index contributed by atoms with van der Waals surface area (Å²) in [6, 6.07) is 0.289. The van der Waals surface area contributed by atoms with Gasteiger partial charge in [0, 0.05) is 18.0 Å². The third kappa shape index (κ3) is 2.87. The summed E-state index contributed by atoms with van der Waals surface area (Å²) in [5.41, 5.74) is 2.86.